The van der Waals surface area contributed by atoms with E-state index in [1.807, 2.05) is 17.1 Å². The number of hydrogen-bond donors (Lipinski definition) is 1. The van der Waals surface area contributed by atoms with Gasteiger partial charge in [0.15, 0.2) is 0 Å². The Morgan fingerprint density at radius 3 is 2.42 bits per heavy atom. The van der Waals surface area contributed by atoms with E-state index in [0.717, 1.165) is 50.3 Å². The molecule has 0 unspecified atom stereocenters. The van der Waals surface area contributed by atoms with E-state index in [1.54, 1.807) is 0 Å². The van der Waals surface area contributed by atoms with Gasteiger partial charge in [-0.25, -0.2) is 4.79 Å². The summed E-state index contributed by atoms with van der Waals surface area (Å²) in [6.45, 7) is 10.4. The number of nitrogens with zero attached hydrogens (tertiary/aromatic N) is 5. The molecule has 194 valence electrons. The fourth-order valence-corrected chi connectivity index (χ4v) is 4.74. The van der Waals surface area contributed by atoms with Crippen molar-refractivity contribution in [3.63, 3.8) is 0 Å². The summed E-state index contributed by atoms with van der Waals surface area (Å²) in [4.78, 5) is 11.4. The van der Waals surface area contributed by atoms with Crippen molar-refractivity contribution in [3.8, 4) is 17.0 Å². The quantitative estimate of drug-likeness (QED) is 0.545. The number of ether oxygens (including phenoxy) is 1. The van der Waals surface area contributed by atoms with Crippen molar-refractivity contribution in [3.05, 3.63) is 54.0 Å². The first-order valence-electron chi connectivity index (χ1n) is 11.9. The molecule has 1 spiro atoms. The molecule has 36 heavy (non-hydrogen) atoms. The van der Waals surface area contributed by atoms with Crippen LogP contribution in [0.3, 0.4) is 0 Å². The summed E-state index contributed by atoms with van der Waals surface area (Å²) in [6.07, 6.45) is 3.06. The maximum absolute atomic E-state index is 10.6. The third-order valence-electron chi connectivity index (χ3n) is 6.55. The summed E-state index contributed by atoms with van der Waals surface area (Å²) in [6, 6.07) is 8.72. The van der Waals surface area contributed by atoms with Crippen molar-refractivity contribution in [1.82, 2.24) is 24.5 Å². The molecule has 4 heterocycles. The lowest BCUT2D eigenvalue weighted by molar-refractivity contribution is -0.192. The van der Waals surface area contributed by atoms with Crippen LogP contribution in [0.15, 0.2) is 42.9 Å². The number of likely N-dealkylation sites (tertiary alicyclic amines) is 1. The van der Waals surface area contributed by atoms with Crippen LogP contribution in [0.25, 0.3) is 11.3 Å². The zero-order chi connectivity index (χ0) is 26.1. The lowest BCUT2D eigenvalue weighted by atomic mass is 9.81. The number of alkyl halides is 3. The summed E-state index contributed by atoms with van der Waals surface area (Å²) >= 11 is 0. The molecule has 0 radical (unpaired) electrons. The fourth-order valence-electron chi connectivity index (χ4n) is 4.74. The summed E-state index contributed by atoms with van der Waals surface area (Å²) in [5.41, 5.74) is 4.66. The van der Waals surface area contributed by atoms with Crippen LogP contribution >= 0.6 is 0 Å². The molecule has 5 rings (SSSR count). The molecular weight excluding hydrogens is 475 g/mol. The van der Waals surface area contributed by atoms with E-state index in [9.17, 15) is 13.2 Å². The molecular formula is C25H30F3N5O3. The Morgan fingerprint density at radius 1 is 1.17 bits per heavy atom. The van der Waals surface area contributed by atoms with Crippen LogP contribution in [-0.2, 0) is 23.5 Å². The van der Waals surface area contributed by atoms with Gasteiger partial charge in [0.05, 0.1) is 18.1 Å². The summed E-state index contributed by atoms with van der Waals surface area (Å²) in [5.74, 6) is -1.77. The number of carbonyl (C=O) groups is 1. The van der Waals surface area contributed by atoms with E-state index in [1.165, 1.54) is 16.8 Å². The average molecular weight is 506 g/mol. The predicted molar refractivity (Wildman–Crippen MR) is 126 cm³/mol. The van der Waals surface area contributed by atoms with Gasteiger partial charge in [-0.15, -0.1) is 0 Å². The third kappa shape index (κ3) is 5.11. The maximum atomic E-state index is 10.6. The second kappa shape index (κ2) is 9.96. The van der Waals surface area contributed by atoms with Crippen molar-refractivity contribution in [2.45, 2.75) is 64.5 Å². The number of aromatic nitrogens is 4. The van der Waals surface area contributed by atoms with E-state index in [0.29, 0.717) is 6.04 Å². The highest BCUT2D eigenvalue weighted by Gasteiger charge is 2.45. The molecule has 0 aliphatic carbocycles. The van der Waals surface area contributed by atoms with E-state index >= 15 is 0 Å². The van der Waals surface area contributed by atoms with Gasteiger partial charge in [0.25, 0.3) is 0 Å². The Hall–Kier alpha value is -3.34. The highest BCUT2D eigenvalue weighted by molar-refractivity contribution is 5.74. The lowest BCUT2D eigenvalue weighted by Crippen LogP contribution is -2.47. The van der Waals surface area contributed by atoms with E-state index in [2.05, 4.69) is 65.9 Å². The third-order valence-corrected chi connectivity index (χ3v) is 6.55. The molecule has 0 amide bonds. The number of halogens is 3. The largest absolute Gasteiger partial charge is 0.490 e. The van der Waals surface area contributed by atoms with E-state index in [4.69, 9.17) is 19.7 Å². The standard InChI is InChI=1S/C23H29N5O.C2HF3O2/c1-4-27-16-18(13-24-27)15-26-11-9-23(10-12-26)20-14-25-28(17(2)3)22(20)19-7-5-6-8-21(19)29-23;3-2(4,5)1(6)7/h5-8,13-14,16-17H,4,9-12,15H2,1-3H3;(H,6,7). The number of fused-ring (bicyclic) bond motifs is 4. The molecule has 0 bridgehead atoms. The normalized spacial score (nSPS) is 16.6. The number of carboxylic acid groups (broad SMARTS) is 1. The number of piperidine rings is 1. The smallest absolute Gasteiger partial charge is 0.482 e. The number of aryl methyl sites for hydroxylation is 1. The Morgan fingerprint density at radius 2 is 1.83 bits per heavy atom. The molecule has 11 heteroatoms. The van der Waals surface area contributed by atoms with Crippen LogP contribution in [0.2, 0.25) is 0 Å². The molecule has 8 nitrogen and oxygen atoms in total. The average Bonchev–Trinajstić information content (AvgIpc) is 3.48. The molecule has 2 aliphatic rings. The Kier molecular flexibility index (Phi) is 7.12. The summed E-state index contributed by atoms with van der Waals surface area (Å²) in [7, 11) is 0. The monoisotopic (exact) mass is 505 g/mol. The van der Waals surface area contributed by atoms with Crippen molar-refractivity contribution < 1.29 is 27.8 Å². The zero-order valence-corrected chi connectivity index (χ0v) is 20.5. The predicted octanol–water partition coefficient (Wildman–Crippen LogP) is 4.86. The van der Waals surface area contributed by atoms with Crippen LogP contribution in [0.5, 0.6) is 5.75 Å². The van der Waals surface area contributed by atoms with Crippen LogP contribution in [0.4, 0.5) is 13.2 Å². The first kappa shape index (κ1) is 25.7. The van der Waals surface area contributed by atoms with Gasteiger partial charge in [0.2, 0.25) is 0 Å². The Labute approximate surface area is 207 Å². The Bertz CT molecular complexity index is 1210. The summed E-state index contributed by atoms with van der Waals surface area (Å²) in [5, 5.41) is 16.3. The van der Waals surface area contributed by atoms with Crippen LogP contribution in [0, 0.1) is 0 Å². The van der Waals surface area contributed by atoms with Gasteiger partial charge in [-0.1, -0.05) is 12.1 Å². The first-order chi connectivity index (χ1) is 17.0. The highest BCUT2D eigenvalue weighted by atomic mass is 19.4. The number of para-hydroxylation sites is 1. The first-order valence-corrected chi connectivity index (χ1v) is 11.9. The van der Waals surface area contributed by atoms with Gasteiger partial charge in [-0.2, -0.15) is 23.4 Å². The minimum atomic E-state index is -5.08. The van der Waals surface area contributed by atoms with Crippen molar-refractivity contribution in [1.29, 1.82) is 0 Å². The number of benzene rings is 1. The van der Waals surface area contributed by atoms with E-state index in [-0.39, 0.29) is 5.60 Å². The summed E-state index contributed by atoms with van der Waals surface area (Å²) < 4.78 is 42.6. The number of rotatable bonds is 4. The van der Waals surface area contributed by atoms with E-state index < -0.39 is 12.1 Å². The van der Waals surface area contributed by atoms with Crippen molar-refractivity contribution in [2.75, 3.05) is 13.1 Å². The molecule has 2 aliphatic heterocycles. The van der Waals surface area contributed by atoms with Crippen molar-refractivity contribution >= 4 is 5.97 Å². The van der Waals surface area contributed by atoms with Gasteiger partial charge in [-0.05, 0) is 32.9 Å². The van der Waals surface area contributed by atoms with Crippen LogP contribution in [-0.4, -0.2) is 54.8 Å². The SMILES string of the molecule is CCn1cc(CN2CCC3(CC2)Oc2ccccc2-c2c3cnn2C(C)C)cn1.O=C(O)C(F)(F)F. The number of carboxylic acids is 1. The molecule has 0 atom stereocenters. The molecule has 1 fully saturated rings. The minimum absolute atomic E-state index is 0.277. The second-order valence-corrected chi connectivity index (χ2v) is 9.32. The number of aliphatic carboxylic acids is 1. The van der Waals surface area contributed by atoms with Gasteiger partial charge in [0.1, 0.15) is 11.4 Å². The van der Waals surface area contributed by atoms with Gasteiger partial charge >= 0.3 is 12.1 Å². The molecule has 0 saturated carbocycles. The molecule has 3 aromatic rings. The van der Waals surface area contributed by atoms with Crippen LogP contribution < -0.4 is 4.74 Å². The number of hydrogen-bond acceptors (Lipinski definition) is 5. The van der Waals surface area contributed by atoms with Crippen molar-refractivity contribution in [2.24, 2.45) is 0 Å². The Balaban J connectivity index is 0.000000384. The van der Waals surface area contributed by atoms with Gasteiger partial charge in [0, 0.05) is 67.9 Å². The lowest BCUT2D eigenvalue weighted by Gasteiger charge is -2.44. The second-order valence-electron chi connectivity index (χ2n) is 9.32. The minimum Gasteiger partial charge on any atom is -0.482 e. The van der Waals surface area contributed by atoms with Gasteiger partial charge in [-0.3, -0.25) is 14.3 Å². The fraction of sp³-hybridized carbons (Fsp3) is 0.480. The van der Waals surface area contributed by atoms with Gasteiger partial charge < -0.3 is 9.84 Å². The molecule has 1 saturated heterocycles. The molecule has 1 N–H and O–H groups in total. The van der Waals surface area contributed by atoms with Crippen LogP contribution in [0.1, 0.15) is 50.8 Å². The topological polar surface area (TPSA) is 85.4 Å². The maximum Gasteiger partial charge on any atom is 0.490 e. The highest BCUT2D eigenvalue weighted by Crippen LogP contribution is 2.50. The zero-order valence-electron chi connectivity index (χ0n) is 20.5. The molecule has 1 aromatic carbocycles. The molecule has 2 aromatic heterocycles.